The van der Waals surface area contributed by atoms with Crippen molar-refractivity contribution in [1.29, 1.82) is 0 Å². The zero-order valence-electron chi connectivity index (χ0n) is 4.81. The van der Waals surface area contributed by atoms with Crippen molar-refractivity contribution in [2.45, 2.75) is 25.8 Å². The third-order valence-corrected chi connectivity index (χ3v) is 1.21. The molecular weight excluding hydrogens is 126 g/mol. The predicted molar refractivity (Wildman–Crippen MR) is 34.1 cm³/mol. The number of amides is 1. The molecule has 1 heterocycles. The van der Waals surface area contributed by atoms with E-state index in [1.807, 2.05) is 6.92 Å². The third kappa shape index (κ3) is 1.70. The van der Waals surface area contributed by atoms with E-state index in [2.05, 4.69) is 5.32 Å². The fourth-order valence-corrected chi connectivity index (χ4v) is 0.767. The van der Waals surface area contributed by atoms with E-state index >= 15 is 0 Å². The zero-order chi connectivity index (χ0) is 5.28. The summed E-state index contributed by atoms with van der Waals surface area (Å²) >= 11 is 0. The van der Waals surface area contributed by atoms with Crippen LogP contribution in [0.2, 0.25) is 0 Å². The van der Waals surface area contributed by atoms with Crippen LogP contribution in [0.3, 0.4) is 0 Å². The first kappa shape index (κ1) is 7.76. The average molecular weight is 136 g/mol. The molecule has 0 aliphatic carbocycles. The Labute approximate surface area is 55.1 Å². The van der Waals surface area contributed by atoms with Gasteiger partial charge in [0.1, 0.15) is 0 Å². The van der Waals surface area contributed by atoms with E-state index in [0.29, 0.717) is 6.04 Å². The fourth-order valence-electron chi connectivity index (χ4n) is 0.767. The van der Waals surface area contributed by atoms with Crippen LogP contribution >= 0.6 is 12.4 Å². The Balaban J connectivity index is 0.000000490. The molecule has 1 aliphatic rings. The molecule has 0 radical (unpaired) electrons. The molecule has 1 N–H and O–H groups in total. The molecule has 0 aromatic carbocycles. The molecule has 1 rings (SSSR count). The first-order valence-electron chi connectivity index (χ1n) is 2.58. The topological polar surface area (TPSA) is 29.1 Å². The monoisotopic (exact) mass is 135 g/mol. The van der Waals surface area contributed by atoms with Gasteiger partial charge in [-0.05, 0) is 13.3 Å². The highest BCUT2D eigenvalue weighted by Crippen LogP contribution is 2.03. The fraction of sp³-hybridized carbons (Fsp3) is 0.800. The number of carbonyl (C=O) groups excluding carboxylic acids is 1. The van der Waals surface area contributed by atoms with Gasteiger partial charge in [0.25, 0.3) is 0 Å². The Morgan fingerprint density at radius 3 is 2.50 bits per heavy atom. The summed E-state index contributed by atoms with van der Waals surface area (Å²) in [5.41, 5.74) is 0. The van der Waals surface area contributed by atoms with Gasteiger partial charge in [0.2, 0.25) is 5.91 Å². The number of rotatable bonds is 0. The quantitative estimate of drug-likeness (QED) is 0.521. The average Bonchev–Trinajstić information content (AvgIpc) is 1.87. The van der Waals surface area contributed by atoms with Crippen LogP contribution in [0, 0.1) is 0 Å². The van der Waals surface area contributed by atoms with Gasteiger partial charge >= 0.3 is 0 Å². The van der Waals surface area contributed by atoms with E-state index < -0.39 is 0 Å². The lowest BCUT2D eigenvalue weighted by Gasteiger charge is -1.95. The summed E-state index contributed by atoms with van der Waals surface area (Å²) < 4.78 is 0. The van der Waals surface area contributed by atoms with Gasteiger partial charge in [-0.3, -0.25) is 4.79 Å². The summed E-state index contributed by atoms with van der Waals surface area (Å²) in [6.07, 6.45) is 1.74. The Morgan fingerprint density at radius 2 is 2.38 bits per heavy atom. The number of hydrogen-bond acceptors (Lipinski definition) is 1. The molecule has 0 unspecified atom stereocenters. The maximum absolute atomic E-state index is 10.3. The number of halogens is 1. The van der Waals surface area contributed by atoms with Crippen molar-refractivity contribution in [3.8, 4) is 0 Å². The maximum Gasteiger partial charge on any atom is 0.220 e. The second-order valence-corrected chi connectivity index (χ2v) is 2.01. The highest BCUT2D eigenvalue weighted by atomic mass is 35.5. The number of carbonyl (C=O) groups is 1. The minimum Gasteiger partial charge on any atom is -0.354 e. The van der Waals surface area contributed by atoms with Crippen molar-refractivity contribution >= 4 is 18.3 Å². The molecular formula is C5H10ClNO. The van der Waals surface area contributed by atoms with Crippen molar-refractivity contribution in [3.05, 3.63) is 0 Å². The van der Waals surface area contributed by atoms with Crippen molar-refractivity contribution in [3.63, 3.8) is 0 Å². The van der Waals surface area contributed by atoms with E-state index in [4.69, 9.17) is 0 Å². The van der Waals surface area contributed by atoms with Crippen molar-refractivity contribution < 1.29 is 4.79 Å². The molecule has 1 aliphatic heterocycles. The molecule has 1 fully saturated rings. The minimum absolute atomic E-state index is 0. The number of hydrogen-bond donors (Lipinski definition) is 1. The van der Waals surface area contributed by atoms with Gasteiger partial charge in [0, 0.05) is 12.5 Å². The standard InChI is InChI=1S/C5H9NO.ClH/c1-4-2-3-5(7)6-4;/h4H,2-3H2,1H3,(H,6,7);1H/t4-;/m1./s1. The molecule has 1 saturated heterocycles. The Bertz CT molecular complexity index is 94.4. The first-order valence-corrected chi connectivity index (χ1v) is 2.58. The Morgan fingerprint density at radius 1 is 1.75 bits per heavy atom. The summed E-state index contributed by atoms with van der Waals surface area (Å²) in [5.74, 6) is 0.201. The molecule has 8 heavy (non-hydrogen) atoms. The van der Waals surface area contributed by atoms with Crippen LogP contribution in [0.4, 0.5) is 0 Å². The molecule has 3 heteroatoms. The highest BCUT2D eigenvalue weighted by Gasteiger charge is 2.14. The van der Waals surface area contributed by atoms with Crippen LogP contribution in [0.5, 0.6) is 0 Å². The lowest BCUT2D eigenvalue weighted by molar-refractivity contribution is -0.119. The minimum atomic E-state index is 0. The lowest BCUT2D eigenvalue weighted by atomic mass is 10.3. The summed E-state index contributed by atoms with van der Waals surface area (Å²) in [4.78, 5) is 10.3. The van der Waals surface area contributed by atoms with Crippen molar-refractivity contribution in [2.75, 3.05) is 0 Å². The predicted octanol–water partition coefficient (Wildman–Crippen LogP) is 0.707. The van der Waals surface area contributed by atoms with E-state index in [-0.39, 0.29) is 18.3 Å². The SMILES string of the molecule is C[C@@H]1CCC(=O)N1.Cl. The molecule has 0 spiro atoms. The van der Waals surface area contributed by atoms with E-state index in [1.165, 1.54) is 0 Å². The van der Waals surface area contributed by atoms with Crippen LogP contribution in [-0.4, -0.2) is 11.9 Å². The number of nitrogens with one attached hydrogen (secondary N) is 1. The van der Waals surface area contributed by atoms with Gasteiger partial charge in [0.05, 0.1) is 0 Å². The van der Waals surface area contributed by atoms with Crippen LogP contribution in [0.1, 0.15) is 19.8 Å². The van der Waals surface area contributed by atoms with Gasteiger partial charge in [-0.1, -0.05) is 0 Å². The van der Waals surface area contributed by atoms with Crippen molar-refractivity contribution in [1.82, 2.24) is 5.32 Å². The molecule has 1 atom stereocenters. The van der Waals surface area contributed by atoms with E-state index in [1.54, 1.807) is 0 Å². The summed E-state index contributed by atoms with van der Waals surface area (Å²) in [5, 5.41) is 2.78. The van der Waals surface area contributed by atoms with E-state index in [0.717, 1.165) is 12.8 Å². The Hall–Kier alpha value is -0.240. The molecule has 1 amide bonds. The zero-order valence-corrected chi connectivity index (χ0v) is 5.62. The molecule has 0 aromatic heterocycles. The summed E-state index contributed by atoms with van der Waals surface area (Å²) in [6.45, 7) is 2.02. The molecule has 0 aromatic rings. The van der Waals surface area contributed by atoms with Crippen molar-refractivity contribution in [2.24, 2.45) is 0 Å². The lowest BCUT2D eigenvalue weighted by Crippen LogP contribution is -2.21. The van der Waals surface area contributed by atoms with E-state index in [9.17, 15) is 4.79 Å². The van der Waals surface area contributed by atoms with Gasteiger partial charge in [-0.25, -0.2) is 0 Å². The molecule has 2 nitrogen and oxygen atoms in total. The van der Waals surface area contributed by atoms with Crippen LogP contribution < -0.4 is 5.32 Å². The molecule has 0 saturated carbocycles. The van der Waals surface area contributed by atoms with Gasteiger partial charge in [-0.15, -0.1) is 12.4 Å². The second kappa shape index (κ2) is 2.92. The van der Waals surface area contributed by atoms with Crippen LogP contribution in [-0.2, 0) is 4.79 Å². The Kier molecular flexibility index (Phi) is 2.84. The summed E-state index contributed by atoms with van der Waals surface area (Å²) in [6, 6.07) is 0.424. The largest absolute Gasteiger partial charge is 0.354 e. The maximum atomic E-state index is 10.3. The normalized spacial score (nSPS) is 26.6. The van der Waals surface area contributed by atoms with Gasteiger partial charge in [0.15, 0.2) is 0 Å². The van der Waals surface area contributed by atoms with Gasteiger partial charge in [-0.2, -0.15) is 0 Å². The van der Waals surface area contributed by atoms with Crippen LogP contribution in [0.15, 0.2) is 0 Å². The second-order valence-electron chi connectivity index (χ2n) is 2.01. The molecule has 0 bridgehead atoms. The highest BCUT2D eigenvalue weighted by molar-refractivity contribution is 5.85. The first-order chi connectivity index (χ1) is 3.29. The smallest absolute Gasteiger partial charge is 0.220 e. The molecule has 48 valence electrons. The third-order valence-electron chi connectivity index (χ3n) is 1.21. The van der Waals surface area contributed by atoms with Crippen LogP contribution in [0.25, 0.3) is 0 Å². The summed E-state index contributed by atoms with van der Waals surface area (Å²) in [7, 11) is 0. The van der Waals surface area contributed by atoms with Gasteiger partial charge < -0.3 is 5.32 Å².